The number of aryl methyl sites for hydroxylation is 1. The van der Waals surface area contributed by atoms with Gasteiger partial charge in [0, 0.05) is 6.04 Å². The molecule has 1 heteroatoms. The van der Waals surface area contributed by atoms with Crippen molar-refractivity contribution in [1.82, 2.24) is 0 Å². The molecule has 4 atom stereocenters. The van der Waals surface area contributed by atoms with Crippen LogP contribution in [-0.4, -0.2) is 6.04 Å². The first kappa shape index (κ1) is 9.41. The summed E-state index contributed by atoms with van der Waals surface area (Å²) in [5.74, 6) is 2.47. The van der Waals surface area contributed by atoms with E-state index in [0.29, 0.717) is 6.04 Å². The van der Waals surface area contributed by atoms with E-state index in [0.717, 1.165) is 24.2 Å². The molecule has 3 rings (SSSR count). The lowest BCUT2D eigenvalue weighted by molar-refractivity contribution is 0.522. The zero-order chi connectivity index (χ0) is 10.4. The molecule has 2 aliphatic rings. The molecule has 1 fully saturated rings. The van der Waals surface area contributed by atoms with Crippen molar-refractivity contribution in [3.05, 3.63) is 35.4 Å². The summed E-state index contributed by atoms with van der Waals surface area (Å²) in [5.41, 5.74) is 9.37. The zero-order valence-electron chi connectivity index (χ0n) is 9.32. The van der Waals surface area contributed by atoms with E-state index in [1.54, 1.807) is 11.1 Å². The molecule has 0 bridgehead atoms. The lowest BCUT2D eigenvalue weighted by Crippen LogP contribution is -2.22. The molecular weight excluding hydrogens is 182 g/mol. The van der Waals surface area contributed by atoms with E-state index in [4.69, 9.17) is 5.73 Å². The summed E-state index contributed by atoms with van der Waals surface area (Å²) >= 11 is 0. The van der Waals surface area contributed by atoms with E-state index >= 15 is 0 Å². The van der Waals surface area contributed by atoms with Gasteiger partial charge in [0.1, 0.15) is 0 Å². The molecule has 0 spiro atoms. The van der Waals surface area contributed by atoms with Crippen LogP contribution < -0.4 is 5.73 Å². The summed E-state index contributed by atoms with van der Waals surface area (Å²) in [6.07, 6.45) is 3.75. The van der Waals surface area contributed by atoms with E-state index in [9.17, 15) is 0 Å². The second-order valence-corrected chi connectivity index (χ2v) is 5.08. The van der Waals surface area contributed by atoms with Gasteiger partial charge in [-0.25, -0.2) is 0 Å². The fourth-order valence-corrected chi connectivity index (χ4v) is 3.48. The average molecular weight is 201 g/mol. The third kappa shape index (κ3) is 1.33. The summed E-state index contributed by atoms with van der Waals surface area (Å²) in [5, 5.41) is 0. The monoisotopic (exact) mass is 201 g/mol. The van der Waals surface area contributed by atoms with Crippen LogP contribution in [0.2, 0.25) is 0 Å². The van der Waals surface area contributed by atoms with Crippen LogP contribution in [0.1, 0.15) is 36.8 Å². The minimum absolute atomic E-state index is 0.422. The van der Waals surface area contributed by atoms with E-state index in [1.165, 1.54) is 12.8 Å². The SMILES string of the molecule is CCC(N)C1C2CCc3ccccc3C21. The molecule has 1 nitrogen and oxygen atoms in total. The highest BCUT2D eigenvalue weighted by Crippen LogP contribution is 2.61. The van der Waals surface area contributed by atoms with Gasteiger partial charge in [0.05, 0.1) is 0 Å². The predicted molar refractivity (Wildman–Crippen MR) is 62.8 cm³/mol. The van der Waals surface area contributed by atoms with E-state index < -0.39 is 0 Å². The minimum Gasteiger partial charge on any atom is -0.327 e. The topological polar surface area (TPSA) is 26.0 Å². The lowest BCUT2D eigenvalue weighted by Gasteiger charge is -2.13. The third-order valence-electron chi connectivity index (χ3n) is 4.36. The minimum atomic E-state index is 0.422. The molecule has 2 N–H and O–H groups in total. The molecule has 1 aromatic carbocycles. The summed E-state index contributed by atoms with van der Waals surface area (Å²) in [6.45, 7) is 2.21. The molecule has 80 valence electrons. The van der Waals surface area contributed by atoms with Crippen molar-refractivity contribution < 1.29 is 0 Å². The molecule has 1 saturated carbocycles. The number of hydrogen-bond donors (Lipinski definition) is 1. The van der Waals surface area contributed by atoms with Crippen LogP contribution >= 0.6 is 0 Å². The number of fused-ring (bicyclic) bond motifs is 3. The average Bonchev–Trinajstić information content (AvgIpc) is 3.02. The maximum absolute atomic E-state index is 6.20. The predicted octanol–water partition coefficient (Wildman–Crippen LogP) is 2.70. The maximum atomic E-state index is 6.20. The van der Waals surface area contributed by atoms with Crippen molar-refractivity contribution in [2.45, 2.75) is 38.1 Å². The van der Waals surface area contributed by atoms with Gasteiger partial charge in [-0.1, -0.05) is 31.2 Å². The Bertz CT molecular complexity index is 371. The fraction of sp³-hybridized carbons (Fsp3) is 0.571. The van der Waals surface area contributed by atoms with Crippen LogP contribution in [0.4, 0.5) is 0 Å². The molecule has 2 aliphatic carbocycles. The van der Waals surface area contributed by atoms with Crippen molar-refractivity contribution in [2.75, 3.05) is 0 Å². The highest BCUT2D eigenvalue weighted by atomic mass is 14.7. The summed E-state index contributed by atoms with van der Waals surface area (Å²) < 4.78 is 0. The first-order valence-electron chi connectivity index (χ1n) is 6.16. The Balaban J connectivity index is 1.90. The highest BCUT2D eigenvalue weighted by molar-refractivity contribution is 5.39. The van der Waals surface area contributed by atoms with Gasteiger partial charge in [0.25, 0.3) is 0 Å². The number of rotatable bonds is 2. The Hall–Kier alpha value is -0.820. The molecule has 1 aromatic rings. The van der Waals surface area contributed by atoms with Crippen molar-refractivity contribution in [3.8, 4) is 0 Å². The lowest BCUT2D eigenvalue weighted by atomic mass is 9.92. The fourth-order valence-electron chi connectivity index (χ4n) is 3.48. The van der Waals surface area contributed by atoms with Gasteiger partial charge in [-0.15, -0.1) is 0 Å². The Morgan fingerprint density at radius 2 is 2.20 bits per heavy atom. The Morgan fingerprint density at radius 1 is 1.40 bits per heavy atom. The van der Waals surface area contributed by atoms with Crippen LogP contribution in [0.15, 0.2) is 24.3 Å². The van der Waals surface area contributed by atoms with Gasteiger partial charge in [-0.3, -0.25) is 0 Å². The van der Waals surface area contributed by atoms with Crippen LogP contribution in [0.25, 0.3) is 0 Å². The molecule has 0 aliphatic heterocycles. The number of nitrogens with two attached hydrogens (primary N) is 1. The van der Waals surface area contributed by atoms with Gasteiger partial charge in [0.15, 0.2) is 0 Å². The molecular formula is C14H19N. The van der Waals surface area contributed by atoms with Crippen molar-refractivity contribution >= 4 is 0 Å². The van der Waals surface area contributed by atoms with Crippen LogP contribution in [0, 0.1) is 11.8 Å². The van der Waals surface area contributed by atoms with Crippen LogP contribution in [-0.2, 0) is 6.42 Å². The highest BCUT2D eigenvalue weighted by Gasteiger charge is 2.54. The van der Waals surface area contributed by atoms with E-state index in [1.807, 2.05) is 0 Å². The number of hydrogen-bond acceptors (Lipinski definition) is 1. The Morgan fingerprint density at radius 3 is 3.00 bits per heavy atom. The molecule has 0 amide bonds. The van der Waals surface area contributed by atoms with Gasteiger partial charge < -0.3 is 5.73 Å². The van der Waals surface area contributed by atoms with Gasteiger partial charge >= 0.3 is 0 Å². The molecule has 0 aromatic heterocycles. The molecule has 0 heterocycles. The van der Waals surface area contributed by atoms with E-state index in [-0.39, 0.29) is 0 Å². The van der Waals surface area contributed by atoms with Gasteiger partial charge in [0.2, 0.25) is 0 Å². The maximum Gasteiger partial charge on any atom is 0.00733 e. The summed E-state index contributed by atoms with van der Waals surface area (Å²) in [4.78, 5) is 0. The van der Waals surface area contributed by atoms with Crippen LogP contribution in [0.5, 0.6) is 0 Å². The first-order valence-corrected chi connectivity index (χ1v) is 6.16. The van der Waals surface area contributed by atoms with Crippen molar-refractivity contribution in [1.29, 1.82) is 0 Å². The summed E-state index contributed by atoms with van der Waals surface area (Å²) in [7, 11) is 0. The first-order chi connectivity index (χ1) is 7.33. The molecule has 0 radical (unpaired) electrons. The largest absolute Gasteiger partial charge is 0.327 e. The Labute approximate surface area is 91.7 Å². The normalized spacial score (nSPS) is 34.1. The van der Waals surface area contributed by atoms with Crippen molar-refractivity contribution in [3.63, 3.8) is 0 Å². The zero-order valence-corrected chi connectivity index (χ0v) is 9.32. The molecule has 0 saturated heterocycles. The smallest absolute Gasteiger partial charge is 0.00733 e. The van der Waals surface area contributed by atoms with Crippen LogP contribution in [0.3, 0.4) is 0 Å². The summed E-state index contributed by atoms with van der Waals surface area (Å²) in [6, 6.07) is 9.36. The number of benzene rings is 1. The second-order valence-electron chi connectivity index (χ2n) is 5.08. The van der Waals surface area contributed by atoms with E-state index in [2.05, 4.69) is 31.2 Å². The van der Waals surface area contributed by atoms with Gasteiger partial charge in [-0.05, 0) is 48.1 Å². The Kier molecular flexibility index (Phi) is 2.10. The standard InChI is InChI=1S/C14H19N/c1-2-12(15)14-11-8-7-9-5-3-4-6-10(9)13(11)14/h3-6,11-14H,2,7-8,15H2,1H3. The second kappa shape index (κ2) is 3.34. The molecule has 15 heavy (non-hydrogen) atoms. The third-order valence-corrected chi connectivity index (χ3v) is 4.36. The molecule has 4 unspecified atom stereocenters. The quantitative estimate of drug-likeness (QED) is 0.782. The van der Waals surface area contributed by atoms with Gasteiger partial charge in [-0.2, -0.15) is 0 Å². The van der Waals surface area contributed by atoms with Crippen molar-refractivity contribution in [2.24, 2.45) is 17.6 Å².